The summed E-state index contributed by atoms with van der Waals surface area (Å²) in [6, 6.07) is 14.9. The molecule has 0 spiro atoms. The number of rotatable bonds is 9. The van der Waals surface area contributed by atoms with Crippen LogP contribution < -0.4 is 4.74 Å². The number of imidazole rings is 1. The highest BCUT2D eigenvalue weighted by atomic mass is 19.2. The van der Waals surface area contributed by atoms with Gasteiger partial charge in [-0.05, 0) is 67.5 Å². The SMILES string of the molecule is CC(C#N)(c1cccc(CCC(=O)O)c1)c1cnc(-c2cc(Oc3c(F)c(F)c4[nH]ccc4c3C3CC3)ccc2F)[nH]1. The van der Waals surface area contributed by atoms with E-state index in [9.17, 15) is 14.4 Å². The minimum absolute atomic E-state index is 0.0193. The highest BCUT2D eigenvalue weighted by molar-refractivity contribution is 5.87. The second kappa shape index (κ2) is 10.4. The van der Waals surface area contributed by atoms with Crippen LogP contribution in [0.25, 0.3) is 22.3 Å². The number of ether oxygens (including phenoxy) is 1. The quantitative estimate of drug-likeness (QED) is 0.170. The Labute approximate surface area is 238 Å². The van der Waals surface area contributed by atoms with Crippen molar-refractivity contribution in [3.63, 3.8) is 0 Å². The number of aromatic amines is 2. The van der Waals surface area contributed by atoms with Crippen molar-refractivity contribution in [2.75, 3.05) is 0 Å². The molecule has 0 aliphatic heterocycles. The van der Waals surface area contributed by atoms with Gasteiger partial charge < -0.3 is 19.8 Å². The van der Waals surface area contributed by atoms with Crippen molar-refractivity contribution in [2.45, 2.75) is 43.9 Å². The van der Waals surface area contributed by atoms with Gasteiger partial charge in [-0.1, -0.05) is 24.3 Å². The van der Waals surface area contributed by atoms with E-state index in [1.165, 1.54) is 18.3 Å². The molecule has 1 aliphatic rings. The maximum Gasteiger partial charge on any atom is 0.303 e. The van der Waals surface area contributed by atoms with Crippen molar-refractivity contribution in [1.29, 1.82) is 5.26 Å². The van der Waals surface area contributed by atoms with Crippen LogP contribution in [-0.4, -0.2) is 26.0 Å². The zero-order valence-electron chi connectivity index (χ0n) is 22.5. The first kappa shape index (κ1) is 27.1. The van der Waals surface area contributed by atoms with E-state index in [2.05, 4.69) is 21.0 Å². The molecular weight excluding hydrogens is 545 g/mol. The van der Waals surface area contributed by atoms with Gasteiger partial charge in [0.15, 0.2) is 11.6 Å². The van der Waals surface area contributed by atoms with Crippen LogP contribution in [-0.2, 0) is 16.6 Å². The topological polar surface area (TPSA) is 115 Å². The number of hydrogen-bond acceptors (Lipinski definition) is 4. The summed E-state index contributed by atoms with van der Waals surface area (Å²) < 4.78 is 51.0. The van der Waals surface area contributed by atoms with Gasteiger partial charge in [0.1, 0.15) is 22.8 Å². The zero-order valence-corrected chi connectivity index (χ0v) is 22.5. The van der Waals surface area contributed by atoms with Crippen molar-refractivity contribution in [3.05, 3.63) is 101 Å². The number of carboxylic acids is 1. The Balaban J connectivity index is 1.34. The van der Waals surface area contributed by atoms with Crippen LogP contribution in [0.3, 0.4) is 0 Å². The molecule has 212 valence electrons. The smallest absolute Gasteiger partial charge is 0.303 e. The lowest BCUT2D eigenvalue weighted by Gasteiger charge is -2.21. The summed E-state index contributed by atoms with van der Waals surface area (Å²) in [5.41, 5.74) is 1.24. The summed E-state index contributed by atoms with van der Waals surface area (Å²) >= 11 is 0. The maximum atomic E-state index is 15.2. The van der Waals surface area contributed by atoms with Crippen molar-refractivity contribution in [2.24, 2.45) is 0 Å². The molecule has 2 heterocycles. The van der Waals surface area contributed by atoms with Crippen LogP contribution in [0.1, 0.15) is 54.5 Å². The fourth-order valence-corrected chi connectivity index (χ4v) is 5.25. The van der Waals surface area contributed by atoms with Gasteiger partial charge >= 0.3 is 5.97 Å². The number of aliphatic carboxylic acids is 1. The molecule has 0 bridgehead atoms. The number of carboxylic acid groups (broad SMARTS) is 1. The second-order valence-electron chi connectivity index (χ2n) is 10.6. The fourth-order valence-electron chi connectivity index (χ4n) is 5.25. The molecular formula is C32H25F3N4O3. The lowest BCUT2D eigenvalue weighted by atomic mass is 9.80. The highest BCUT2D eigenvalue weighted by Gasteiger charge is 2.34. The summed E-state index contributed by atoms with van der Waals surface area (Å²) in [7, 11) is 0. The number of nitrogens with zero attached hydrogens (tertiary/aromatic N) is 2. The van der Waals surface area contributed by atoms with Crippen LogP contribution in [0, 0.1) is 28.8 Å². The molecule has 42 heavy (non-hydrogen) atoms. The van der Waals surface area contributed by atoms with Gasteiger partial charge in [0, 0.05) is 23.6 Å². The van der Waals surface area contributed by atoms with Crippen molar-refractivity contribution in [1.82, 2.24) is 15.0 Å². The summed E-state index contributed by atoms with van der Waals surface area (Å²) in [6.45, 7) is 1.68. The first-order chi connectivity index (χ1) is 20.2. The summed E-state index contributed by atoms with van der Waals surface area (Å²) in [6.07, 6.45) is 4.90. The monoisotopic (exact) mass is 570 g/mol. The molecule has 6 rings (SSSR count). The van der Waals surface area contributed by atoms with Crippen molar-refractivity contribution in [3.8, 4) is 29.0 Å². The molecule has 3 N–H and O–H groups in total. The van der Waals surface area contributed by atoms with Gasteiger partial charge in [-0.2, -0.15) is 9.65 Å². The van der Waals surface area contributed by atoms with Gasteiger partial charge in [-0.3, -0.25) is 4.79 Å². The predicted molar refractivity (Wildman–Crippen MR) is 149 cm³/mol. The largest absolute Gasteiger partial charge is 0.481 e. The van der Waals surface area contributed by atoms with E-state index in [1.807, 2.05) is 0 Å². The first-order valence-electron chi connectivity index (χ1n) is 13.4. The Morgan fingerprint density at radius 1 is 1.17 bits per heavy atom. The molecule has 0 radical (unpaired) electrons. The predicted octanol–water partition coefficient (Wildman–Crippen LogP) is 7.49. The molecule has 1 atom stereocenters. The number of nitrogens with one attached hydrogen (secondary N) is 2. The molecule has 7 nitrogen and oxygen atoms in total. The molecule has 0 saturated heterocycles. The zero-order chi connectivity index (χ0) is 29.6. The van der Waals surface area contributed by atoms with Gasteiger partial charge in [0.05, 0.1) is 29.0 Å². The first-order valence-corrected chi connectivity index (χ1v) is 13.4. The summed E-state index contributed by atoms with van der Waals surface area (Å²) in [5, 5.41) is 19.7. The lowest BCUT2D eigenvalue weighted by molar-refractivity contribution is -0.136. The average molecular weight is 571 g/mol. The molecule has 5 aromatic rings. The third kappa shape index (κ3) is 4.77. The van der Waals surface area contributed by atoms with E-state index < -0.39 is 28.8 Å². The lowest BCUT2D eigenvalue weighted by Crippen LogP contribution is -2.22. The molecule has 3 aromatic carbocycles. The van der Waals surface area contributed by atoms with Crippen molar-refractivity contribution < 1.29 is 27.8 Å². The minimum Gasteiger partial charge on any atom is -0.481 e. The van der Waals surface area contributed by atoms with Crippen LogP contribution in [0.15, 0.2) is 60.9 Å². The third-order valence-electron chi connectivity index (χ3n) is 7.76. The van der Waals surface area contributed by atoms with Gasteiger partial charge in [-0.25, -0.2) is 13.8 Å². The molecule has 1 fully saturated rings. The average Bonchev–Trinajstić information content (AvgIpc) is 3.48. The standard InChI is InChI=1S/C32H25F3N4O3/c1-32(16-36,19-4-2-3-17(13-19)5-10-25(40)41)24-15-38-31(39-24)22-14-20(8-9-23(22)33)42-30-26(18-6-7-18)21-11-12-37-29(21)27(34)28(30)35/h2-4,8-9,11-15,18,37H,5-7,10H2,1H3,(H,38,39)(H,40,41). The van der Waals surface area contributed by atoms with E-state index in [0.29, 0.717) is 28.6 Å². The second-order valence-corrected chi connectivity index (χ2v) is 10.6. The van der Waals surface area contributed by atoms with Crippen LogP contribution in [0.4, 0.5) is 13.2 Å². The van der Waals surface area contributed by atoms with E-state index >= 15 is 8.78 Å². The molecule has 1 aliphatic carbocycles. The number of nitriles is 1. The van der Waals surface area contributed by atoms with Crippen molar-refractivity contribution >= 4 is 16.9 Å². The Morgan fingerprint density at radius 3 is 2.71 bits per heavy atom. The highest BCUT2D eigenvalue weighted by Crippen LogP contribution is 2.50. The number of H-pyrrole nitrogens is 2. The minimum atomic E-state index is -1.21. The molecule has 1 saturated carbocycles. The Hall–Kier alpha value is -5.04. The number of hydrogen-bond donors (Lipinski definition) is 3. The molecule has 1 unspecified atom stereocenters. The van der Waals surface area contributed by atoms with E-state index in [1.54, 1.807) is 43.5 Å². The molecule has 0 amide bonds. The van der Waals surface area contributed by atoms with Gasteiger partial charge in [-0.15, -0.1) is 0 Å². The van der Waals surface area contributed by atoms with E-state index in [4.69, 9.17) is 9.84 Å². The molecule has 2 aromatic heterocycles. The summed E-state index contributed by atoms with van der Waals surface area (Å²) in [4.78, 5) is 21.1. The van der Waals surface area contributed by atoms with Gasteiger partial charge in [0.25, 0.3) is 0 Å². The number of fused-ring (bicyclic) bond motifs is 1. The third-order valence-corrected chi connectivity index (χ3v) is 7.76. The van der Waals surface area contributed by atoms with E-state index in [0.717, 1.165) is 24.5 Å². The number of aryl methyl sites for hydroxylation is 1. The van der Waals surface area contributed by atoms with Crippen LogP contribution in [0.2, 0.25) is 0 Å². The Morgan fingerprint density at radius 2 is 1.98 bits per heavy atom. The Kier molecular flexibility index (Phi) is 6.73. The van der Waals surface area contributed by atoms with Crippen LogP contribution in [0.5, 0.6) is 11.5 Å². The van der Waals surface area contributed by atoms with Gasteiger partial charge in [0.2, 0.25) is 5.82 Å². The number of carbonyl (C=O) groups is 1. The molecule has 10 heteroatoms. The normalized spacial score (nSPS) is 14.5. The number of aromatic nitrogens is 3. The number of benzene rings is 3. The fraction of sp³-hybridized carbons (Fsp3) is 0.219. The van der Waals surface area contributed by atoms with E-state index in [-0.39, 0.29) is 40.7 Å². The Bertz CT molecular complexity index is 1890. The number of halogens is 3. The maximum absolute atomic E-state index is 15.2. The summed E-state index contributed by atoms with van der Waals surface area (Å²) in [5.74, 6) is -3.69. The van der Waals surface area contributed by atoms with Crippen LogP contribution >= 0.6 is 0 Å².